The van der Waals surface area contributed by atoms with Crippen LogP contribution in [0.1, 0.15) is 25.0 Å². The number of hydrogen-bond acceptors (Lipinski definition) is 3. The van der Waals surface area contributed by atoms with Gasteiger partial charge in [-0.25, -0.2) is 9.69 Å². The predicted octanol–water partition coefficient (Wildman–Crippen LogP) is 6.25. The van der Waals surface area contributed by atoms with E-state index in [1.54, 1.807) is 50.2 Å². The summed E-state index contributed by atoms with van der Waals surface area (Å²) in [5.74, 6) is 0.518. The Balaban J connectivity index is 1.65. The van der Waals surface area contributed by atoms with Crippen LogP contribution in [-0.2, 0) is 17.5 Å². The van der Waals surface area contributed by atoms with Crippen LogP contribution >= 0.6 is 0 Å². The first-order valence-corrected chi connectivity index (χ1v) is 10.2. The third-order valence-corrected chi connectivity index (χ3v) is 5.53. The summed E-state index contributed by atoms with van der Waals surface area (Å²) in [4.78, 5) is 28.5. The standard InChI is InChI=1S/C25H21F3N2O3/c1-24(2)22(31)30(19-11-8-10-18(15-19)25(26,27)28)23(32)29(24)16-17-9-6-7-14-21(17)33-20-12-4-3-5-13-20/h3-15H,16H2,1-2H3. The molecule has 4 rings (SSSR count). The van der Waals surface area contributed by atoms with E-state index in [9.17, 15) is 22.8 Å². The molecule has 8 heteroatoms. The van der Waals surface area contributed by atoms with Crippen LogP contribution in [0.25, 0.3) is 0 Å². The van der Waals surface area contributed by atoms with E-state index >= 15 is 0 Å². The number of hydrogen-bond donors (Lipinski definition) is 0. The molecule has 170 valence electrons. The molecule has 5 nitrogen and oxygen atoms in total. The number of amides is 3. The number of para-hydroxylation sites is 2. The third-order valence-electron chi connectivity index (χ3n) is 5.53. The highest BCUT2D eigenvalue weighted by Gasteiger charge is 2.52. The molecule has 33 heavy (non-hydrogen) atoms. The fourth-order valence-electron chi connectivity index (χ4n) is 3.67. The van der Waals surface area contributed by atoms with Crippen molar-refractivity contribution in [3.63, 3.8) is 0 Å². The first-order valence-electron chi connectivity index (χ1n) is 10.2. The second kappa shape index (κ2) is 8.27. The molecule has 0 aliphatic carbocycles. The zero-order valence-corrected chi connectivity index (χ0v) is 18.0. The van der Waals surface area contributed by atoms with E-state index in [0.717, 1.165) is 17.0 Å². The van der Waals surface area contributed by atoms with Crippen LogP contribution in [0.5, 0.6) is 11.5 Å². The Labute approximate surface area is 189 Å². The number of rotatable bonds is 5. The van der Waals surface area contributed by atoms with Crippen LogP contribution in [0.15, 0.2) is 78.9 Å². The van der Waals surface area contributed by atoms with Crippen molar-refractivity contribution in [2.45, 2.75) is 32.1 Å². The summed E-state index contributed by atoms with van der Waals surface area (Å²) in [6.07, 6.45) is -4.59. The molecule has 3 amide bonds. The molecule has 3 aromatic rings. The van der Waals surface area contributed by atoms with E-state index in [2.05, 4.69) is 0 Å². The lowest BCUT2D eigenvalue weighted by molar-refractivity contribution is -0.137. The highest BCUT2D eigenvalue weighted by Crippen LogP contribution is 2.37. The van der Waals surface area contributed by atoms with E-state index in [0.29, 0.717) is 17.1 Å². The minimum absolute atomic E-state index is 0.0377. The topological polar surface area (TPSA) is 49.9 Å². The van der Waals surface area contributed by atoms with Crippen molar-refractivity contribution in [3.8, 4) is 11.5 Å². The highest BCUT2D eigenvalue weighted by atomic mass is 19.4. The van der Waals surface area contributed by atoms with Gasteiger partial charge in [0.25, 0.3) is 5.91 Å². The number of urea groups is 1. The zero-order valence-electron chi connectivity index (χ0n) is 18.0. The van der Waals surface area contributed by atoms with Gasteiger partial charge >= 0.3 is 12.2 Å². The normalized spacial score (nSPS) is 15.8. The lowest BCUT2D eigenvalue weighted by Gasteiger charge is -2.28. The van der Waals surface area contributed by atoms with Gasteiger partial charge in [0.1, 0.15) is 17.0 Å². The van der Waals surface area contributed by atoms with Gasteiger partial charge in [-0.2, -0.15) is 13.2 Å². The maximum absolute atomic E-state index is 13.3. The fraction of sp³-hybridized carbons (Fsp3) is 0.200. The molecule has 0 unspecified atom stereocenters. The van der Waals surface area contributed by atoms with Crippen molar-refractivity contribution in [1.29, 1.82) is 0 Å². The maximum atomic E-state index is 13.3. The summed E-state index contributed by atoms with van der Waals surface area (Å²) in [6.45, 7) is 3.18. The average molecular weight is 454 g/mol. The van der Waals surface area contributed by atoms with E-state index in [4.69, 9.17) is 4.74 Å². The first-order chi connectivity index (χ1) is 15.6. The Bertz CT molecular complexity index is 1190. The van der Waals surface area contributed by atoms with Crippen molar-refractivity contribution in [2.75, 3.05) is 4.90 Å². The number of nitrogens with zero attached hydrogens (tertiary/aromatic N) is 2. The van der Waals surface area contributed by atoms with E-state index in [1.165, 1.54) is 17.0 Å². The molecule has 0 saturated carbocycles. The average Bonchev–Trinajstić information content (AvgIpc) is 2.94. The molecular weight excluding hydrogens is 433 g/mol. The molecule has 1 aliphatic heterocycles. The summed E-state index contributed by atoms with van der Waals surface area (Å²) < 4.78 is 45.5. The van der Waals surface area contributed by atoms with Gasteiger partial charge in [-0.15, -0.1) is 0 Å². The van der Waals surface area contributed by atoms with Crippen LogP contribution in [-0.4, -0.2) is 22.4 Å². The van der Waals surface area contributed by atoms with Gasteiger partial charge in [0.05, 0.1) is 17.8 Å². The molecule has 0 N–H and O–H groups in total. The predicted molar refractivity (Wildman–Crippen MR) is 117 cm³/mol. The first kappa shape index (κ1) is 22.4. The van der Waals surface area contributed by atoms with Gasteiger partial charge in [-0.3, -0.25) is 4.79 Å². The van der Waals surface area contributed by atoms with Gasteiger partial charge in [0.15, 0.2) is 0 Å². The molecule has 1 fully saturated rings. The Hall–Kier alpha value is -3.81. The van der Waals surface area contributed by atoms with Crippen molar-refractivity contribution in [2.24, 2.45) is 0 Å². The molecule has 0 aromatic heterocycles. The molecule has 0 bridgehead atoms. The van der Waals surface area contributed by atoms with Crippen LogP contribution in [0.3, 0.4) is 0 Å². The van der Waals surface area contributed by atoms with Gasteiger partial charge in [0.2, 0.25) is 0 Å². The second-order valence-electron chi connectivity index (χ2n) is 8.14. The van der Waals surface area contributed by atoms with E-state index in [-0.39, 0.29) is 12.2 Å². The molecule has 0 atom stereocenters. The quantitative estimate of drug-likeness (QED) is 0.429. The molecule has 1 heterocycles. The van der Waals surface area contributed by atoms with Gasteiger partial charge in [-0.1, -0.05) is 42.5 Å². The molecular formula is C25H21F3N2O3. The monoisotopic (exact) mass is 454 g/mol. The molecule has 0 spiro atoms. The van der Waals surface area contributed by atoms with Crippen LogP contribution in [0, 0.1) is 0 Å². The van der Waals surface area contributed by atoms with E-state index in [1.807, 2.05) is 18.2 Å². The Morgan fingerprint density at radius 2 is 1.55 bits per heavy atom. The molecule has 1 aliphatic rings. The number of halogens is 3. The highest BCUT2D eigenvalue weighted by molar-refractivity contribution is 6.23. The van der Waals surface area contributed by atoms with Crippen molar-refractivity contribution in [1.82, 2.24) is 4.90 Å². The Morgan fingerprint density at radius 3 is 2.24 bits per heavy atom. The number of benzene rings is 3. The lowest BCUT2D eigenvalue weighted by Crippen LogP contribution is -2.43. The summed E-state index contributed by atoms with van der Waals surface area (Å²) in [7, 11) is 0. The lowest BCUT2D eigenvalue weighted by atomic mass is 10.0. The Kier molecular flexibility index (Phi) is 5.61. The molecule has 0 radical (unpaired) electrons. The van der Waals surface area contributed by atoms with Gasteiger partial charge in [-0.05, 0) is 50.2 Å². The number of carbonyl (C=O) groups excluding carboxylic acids is 2. The third kappa shape index (κ3) is 4.28. The summed E-state index contributed by atoms with van der Waals surface area (Å²) in [5, 5.41) is 0. The number of anilines is 1. The minimum Gasteiger partial charge on any atom is -0.457 e. The second-order valence-corrected chi connectivity index (χ2v) is 8.14. The minimum atomic E-state index is -4.59. The smallest absolute Gasteiger partial charge is 0.416 e. The molecule has 3 aromatic carbocycles. The number of alkyl halides is 3. The van der Waals surface area contributed by atoms with Crippen molar-refractivity contribution < 1.29 is 27.5 Å². The zero-order chi connectivity index (χ0) is 23.8. The van der Waals surface area contributed by atoms with Crippen molar-refractivity contribution in [3.05, 3.63) is 90.0 Å². The summed E-state index contributed by atoms with van der Waals surface area (Å²) in [6, 6.07) is 19.7. The van der Waals surface area contributed by atoms with Crippen molar-refractivity contribution >= 4 is 17.6 Å². The van der Waals surface area contributed by atoms with Crippen LogP contribution in [0.4, 0.5) is 23.7 Å². The number of imide groups is 1. The largest absolute Gasteiger partial charge is 0.457 e. The summed E-state index contributed by atoms with van der Waals surface area (Å²) in [5.41, 5.74) is -1.67. The molecule has 1 saturated heterocycles. The van der Waals surface area contributed by atoms with Gasteiger partial charge < -0.3 is 9.64 Å². The van der Waals surface area contributed by atoms with Crippen LogP contribution in [0.2, 0.25) is 0 Å². The Morgan fingerprint density at radius 1 is 0.879 bits per heavy atom. The van der Waals surface area contributed by atoms with Gasteiger partial charge in [0, 0.05) is 5.56 Å². The van der Waals surface area contributed by atoms with Crippen LogP contribution < -0.4 is 9.64 Å². The van der Waals surface area contributed by atoms with E-state index < -0.39 is 29.2 Å². The number of carbonyl (C=O) groups is 2. The maximum Gasteiger partial charge on any atom is 0.416 e. The number of ether oxygens (including phenoxy) is 1. The summed E-state index contributed by atoms with van der Waals surface area (Å²) >= 11 is 0. The fourth-order valence-corrected chi connectivity index (χ4v) is 3.67. The SMILES string of the molecule is CC1(C)C(=O)N(c2cccc(C(F)(F)F)c2)C(=O)N1Cc1ccccc1Oc1ccccc1.